The van der Waals surface area contributed by atoms with Crippen molar-refractivity contribution in [1.82, 2.24) is 5.32 Å². The first-order valence-corrected chi connectivity index (χ1v) is 7.64. The summed E-state index contributed by atoms with van der Waals surface area (Å²) in [5.41, 5.74) is 0.0722. The normalized spacial score (nSPS) is 11.6. The summed E-state index contributed by atoms with van der Waals surface area (Å²) in [5, 5.41) is 5.11. The van der Waals surface area contributed by atoms with Gasteiger partial charge >= 0.3 is 0 Å². The molecule has 2 aromatic rings. The number of benzene rings is 2. The molecule has 0 radical (unpaired) electrons. The van der Waals surface area contributed by atoms with E-state index in [0.29, 0.717) is 23.7 Å². The lowest BCUT2D eigenvalue weighted by Crippen LogP contribution is -2.51. The van der Waals surface area contributed by atoms with Crippen LogP contribution < -0.4 is 5.32 Å². The SMILES string of the molecule is CCC(CCl)(CCl)NC(=O)c1ccc2ccccc2c1. The Kier molecular flexibility index (Phi) is 4.90. The summed E-state index contributed by atoms with van der Waals surface area (Å²) in [6, 6.07) is 13.6. The zero-order chi connectivity index (χ0) is 14.6. The Morgan fingerprint density at radius 3 is 2.35 bits per heavy atom. The molecule has 0 fully saturated rings. The lowest BCUT2D eigenvalue weighted by Gasteiger charge is -2.29. The van der Waals surface area contributed by atoms with Crippen molar-refractivity contribution in [3.05, 3.63) is 48.0 Å². The highest BCUT2D eigenvalue weighted by Gasteiger charge is 2.28. The zero-order valence-electron chi connectivity index (χ0n) is 11.3. The summed E-state index contributed by atoms with van der Waals surface area (Å²) in [5.74, 6) is 0.456. The van der Waals surface area contributed by atoms with Gasteiger partial charge in [0, 0.05) is 17.3 Å². The molecule has 2 nitrogen and oxygen atoms in total. The number of alkyl halides is 2. The number of fused-ring (bicyclic) bond motifs is 1. The van der Waals surface area contributed by atoms with E-state index in [1.165, 1.54) is 0 Å². The van der Waals surface area contributed by atoms with Gasteiger partial charge in [0.25, 0.3) is 5.91 Å². The van der Waals surface area contributed by atoms with Crippen molar-refractivity contribution in [2.45, 2.75) is 18.9 Å². The third kappa shape index (κ3) is 3.08. The molecule has 4 heteroatoms. The molecule has 0 aliphatic carbocycles. The predicted octanol–water partition coefficient (Wildman–Crippen LogP) is 4.20. The second kappa shape index (κ2) is 6.47. The van der Waals surface area contributed by atoms with Gasteiger partial charge in [-0.15, -0.1) is 23.2 Å². The van der Waals surface area contributed by atoms with E-state index < -0.39 is 5.54 Å². The van der Waals surface area contributed by atoms with E-state index in [2.05, 4.69) is 5.32 Å². The number of hydrogen-bond donors (Lipinski definition) is 1. The Morgan fingerprint density at radius 2 is 1.75 bits per heavy atom. The minimum atomic E-state index is -0.550. The maximum Gasteiger partial charge on any atom is 0.251 e. The van der Waals surface area contributed by atoms with Gasteiger partial charge in [-0.25, -0.2) is 0 Å². The molecule has 0 aliphatic rings. The summed E-state index contributed by atoms with van der Waals surface area (Å²) in [6.07, 6.45) is 0.694. The van der Waals surface area contributed by atoms with Gasteiger partial charge in [-0.1, -0.05) is 37.3 Å². The number of carbonyl (C=O) groups excluding carboxylic acids is 1. The van der Waals surface area contributed by atoms with Crippen LogP contribution in [0.3, 0.4) is 0 Å². The van der Waals surface area contributed by atoms with Gasteiger partial charge in [-0.2, -0.15) is 0 Å². The second-order valence-corrected chi connectivity index (χ2v) is 5.45. The van der Waals surface area contributed by atoms with E-state index >= 15 is 0 Å². The van der Waals surface area contributed by atoms with Crippen molar-refractivity contribution in [3.63, 3.8) is 0 Å². The first-order chi connectivity index (χ1) is 9.64. The molecule has 0 saturated heterocycles. The monoisotopic (exact) mass is 309 g/mol. The highest BCUT2D eigenvalue weighted by atomic mass is 35.5. The summed E-state index contributed by atoms with van der Waals surface area (Å²) >= 11 is 11.9. The molecule has 0 aromatic heterocycles. The molecule has 1 N–H and O–H groups in total. The fourth-order valence-electron chi connectivity index (χ4n) is 2.02. The fraction of sp³-hybridized carbons (Fsp3) is 0.312. The van der Waals surface area contributed by atoms with E-state index in [-0.39, 0.29) is 5.91 Å². The predicted molar refractivity (Wildman–Crippen MR) is 85.9 cm³/mol. The fourth-order valence-corrected chi connectivity index (χ4v) is 2.82. The Labute approximate surface area is 129 Å². The van der Waals surface area contributed by atoms with Gasteiger partial charge in [-0.05, 0) is 29.3 Å². The van der Waals surface area contributed by atoms with Gasteiger partial charge < -0.3 is 5.32 Å². The van der Waals surface area contributed by atoms with Crippen molar-refractivity contribution in [2.75, 3.05) is 11.8 Å². The summed E-state index contributed by atoms with van der Waals surface area (Å²) in [4.78, 5) is 12.4. The van der Waals surface area contributed by atoms with Gasteiger partial charge in [0.1, 0.15) is 0 Å². The van der Waals surface area contributed by atoms with Crippen molar-refractivity contribution in [3.8, 4) is 0 Å². The molecule has 0 atom stereocenters. The van der Waals surface area contributed by atoms with Crippen molar-refractivity contribution < 1.29 is 4.79 Å². The summed E-state index contributed by atoms with van der Waals surface area (Å²) < 4.78 is 0. The van der Waals surface area contributed by atoms with Crippen molar-refractivity contribution >= 4 is 39.9 Å². The van der Waals surface area contributed by atoms with E-state index in [4.69, 9.17) is 23.2 Å². The first-order valence-electron chi connectivity index (χ1n) is 6.57. The second-order valence-electron chi connectivity index (χ2n) is 4.92. The van der Waals surface area contributed by atoms with Crippen LogP contribution in [0.1, 0.15) is 23.7 Å². The molecular formula is C16H17Cl2NO. The average molecular weight is 310 g/mol. The molecule has 0 aliphatic heterocycles. The lowest BCUT2D eigenvalue weighted by molar-refractivity contribution is 0.0913. The highest BCUT2D eigenvalue weighted by Crippen LogP contribution is 2.19. The Hall–Kier alpha value is -1.25. The Bertz CT molecular complexity index is 600. The molecule has 1 amide bonds. The maximum atomic E-state index is 12.4. The number of hydrogen-bond acceptors (Lipinski definition) is 1. The van der Waals surface area contributed by atoms with Crippen LogP contribution in [0.4, 0.5) is 0 Å². The average Bonchev–Trinajstić information content (AvgIpc) is 2.52. The van der Waals surface area contributed by atoms with E-state index in [1.54, 1.807) is 0 Å². The van der Waals surface area contributed by atoms with Crippen LogP contribution in [0.25, 0.3) is 10.8 Å². The number of nitrogens with one attached hydrogen (secondary N) is 1. The molecule has 2 rings (SSSR count). The van der Waals surface area contributed by atoms with Crippen LogP contribution in [0.15, 0.2) is 42.5 Å². The molecule has 106 valence electrons. The molecule has 0 bridgehead atoms. The lowest BCUT2D eigenvalue weighted by atomic mass is 10.00. The largest absolute Gasteiger partial charge is 0.344 e. The smallest absolute Gasteiger partial charge is 0.251 e. The standard InChI is InChI=1S/C16H17Cl2NO/c1-2-16(10-17,11-18)19-15(20)14-8-7-12-5-3-4-6-13(12)9-14/h3-9H,2,10-11H2,1H3,(H,19,20). The molecule has 2 aromatic carbocycles. The van der Waals surface area contributed by atoms with Gasteiger partial charge in [0.2, 0.25) is 0 Å². The molecule has 0 spiro atoms. The number of halogens is 2. The van der Waals surface area contributed by atoms with Crippen molar-refractivity contribution in [2.24, 2.45) is 0 Å². The number of carbonyl (C=O) groups is 1. The quantitative estimate of drug-likeness (QED) is 0.824. The van der Waals surface area contributed by atoms with Crippen LogP contribution in [0, 0.1) is 0 Å². The third-order valence-corrected chi connectivity index (χ3v) is 4.60. The molecular weight excluding hydrogens is 293 g/mol. The molecule has 0 saturated carbocycles. The summed E-state index contributed by atoms with van der Waals surface area (Å²) in [7, 11) is 0. The van der Waals surface area contributed by atoms with E-state index in [1.807, 2.05) is 49.4 Å². The van der Waals surface area contributed by atoms with Gasteiger partial charge in [0.15, 0.2) is 0 Å². The van der Waals surface area contributed by atoms with Crippen molar-refractivity contribution in [1.29, 1.82) is 0 Å². The van der Waals surface area contributed by atoms with Crippen LogP contribution in [-0.2, 0) is 0 Å². The minimum absolute atomic E-state index is 0.140. The van der Waals surface area contributed by atoms with E-state index in [9.17, 15) is 4.79 Å². The Morgan fingerprint density at radius 1 is 1.10 bits per heavy atom. The van der Waals surface area contributed by atoms with Crippen LogP contribution in [0.2, 0.25) is 0 Å². The van der Waals surface area contributed by atoms with Crippen LogP contribution in [-0.4, -0.2) is 23.2 Å². The topological polar surface area (TPSA) is 29.1 Å². The zero-order valence-corrected chi connectivity index (χ0v) is 12.8. The minimum Gasteiger partial charge on any atom is -0.344 e. The Balaban J connectivity index is 2.27. The number of amides is 1. The van der Waals surface area contributed by atoms with Crippen LogP contribution in [0.5, 0.6) is 0 Å². The first kappa shape index (κ1) is 15.1. The third-order valence-electron chi connectivity index (χ3n) is 3.58. The highest BCUT2D eigenvalue weighted by molar-refractivity contribution is 6.22. The van der Waals surface area contributed by atoms with E-state index in [0.717, 1.165) is 10.8 Å². The summed E-state index contributed by atoms with van der Waals surface area (Å²) in [6.45, 7) is 1.96. The molecule has 0 unspecified atom stereocenters. The van der Waals surface area contributed by atoms with Gasteiger partial charge in [-0.3, -0.25) is 4.79 Å². The maximum absolute atomic E-state index is 12.4. The van der Waals surface area contributed by atoms with Crippen LogP contribution >= 0.6 is 23.2 Å². The molecule has 20 heavy (non-hydrogen) atoms. The van der Waals surface area contributed by atoms with Gasteiger partial charge in [0.05, 0.1) is 5.54 Å². The number of rotatable bonds is 5. The molecule has 0 heterocycles.